The highest BCUT2D eigenvalue weighted by atomic mass is 16.4. The van der Waals surface area contributed by atoms with Crippen molar-refractivity contribution in [2.45, 2.75) is 51.4 Å². The van der Waals surface area contributed by atoms with Crippen LogP contribution in [0.2, 0.25) is 0 Å². The number of aliphatic carboxylic acids is 4. The van der Waals surface area contributed by atoms with Gasteiger partial charge in [-0.05, 0) is 74.2 Å². The van der Waals surface area contributed by atoms with Crippen molar-refractivity contribution < 1.29 is 49.2 Å². The molecule has 4 aromatic heterocycles. The highest BCUT2D eigenvalue weighted by molar-refractivity contribution is 6.04. The molecule has 0 unspecified atom stereocenters. The first-order valence-corrected chi connectivity index (χ1v) is 15.1. The lowest BCUT2D eigenvalue weighted by molar-refractivity contribution is -0.139. The Bertz CT molecular complexity index is 1440. The molecule has 4 heterocycles. The van der Waals surface area contributed by atoms with Crippen LogP contribution >= 0.6 is 0 Å². The fraction of sp³-hybridized carbons (Fsp3) is 0.235. The summed E-state index contributed by atoms with van der Waals surface area (Å²) in [5, 5.41) is 37.9. The maximum absolute atomic E-state index is 11.6. The number of rotatable bonds is 14. The Kier molecular flexibility index (Phi) is 21.1. The Morgan fingerprint density at radius 2 is 0.740 bits per heavy atom. The molecule has 0 aliphatic rings. The summed E-state index contributed by atoms with van der Waals surface area (Å²) < 4.78 is 0. The number of unbranched alkanes of at least 4 members (excludes halogenated alkanes) is 2. The predicted molar refractivity (Wildman–Crippen MR) is 180 cm³/mol. The summed E-state index contributed by atoms with van der Waals surface area (Å²) >= 11 is 0. The van der Waals surface area contributed by atoms with Gasteiger partial charge in [0.2, 0.25) is 0 Å². The van der Waals surface area contributed by atoms with Crippen LogP contribution in [0.15, 0.2) is 97.8 Å². The van der Waals surface area contributed by atoms with Crippen LogP contribution in [-0.2, 0) is 19.2 Å². The Balaban J connectivity index is 0.000000341. The van der Waals surface area contributed by atoms with Crippen molar-refractivity contribution in [2.75, 3.05) is 10.6 Å². The van der Waals surface area contributed by atoms with E-state index in [1.165, 1.54) is 0 Å². The topological polar surface area (TPSA) is 259 Å². The minimum Gasteiger partial charge on any atom is -0.481 e. The quantitative estimate of drug-likeness (QED) is 0.0963. The van der Waals surface area contributed by atoms with Crippen molar-refractivity contribution in [1.29, 1.82) is 0 Å². The Morgan fingerprint density at radius 1 is 0.440 bits per heavy atom. The molecule has 0 spiro atoms. The number of pyridine rings is 4. The smallest absolute Gasteiger partial charge is 0.303 e. The van der Waals surface area contributed by atoms with Crippen molar-refractivity contribution in [3.63, 3.8) is 0 Å². The fourth-order valence-corrected chi connectivity index (χ4v) is 3.36. The summed E-state index contributed by atoms with van der Waals surface area (Å²) in [6, 6.07) is 17.3. The SMILES string of the molecule is O=C(Nc1ccccn1)c1ccncc1.O=C(Nc1ccccn1)c1ccncc1.O=C(O)CCCCC(=O)O.O=C(O)CCCCC(=O)O. The molecule has 2 amide bonds. The van der Waals surface area contributed by atoms with Crippen LogP contribution in [0.25, 0.3) is 0 Å². The van der Waals surface area contributed by atoms with Gasteiger partial charge in [0.05, 0.1) is 0 Å². The standard InChI is InChI=1S/2C11H9N3O.2C6H10O4/c2*15-11(9-4-7-12-8-5-9)14-10-3-1-2-6-13-10;2*7-5(8)3-1-2-4-6(9)10/h2*1-8H,(H,13,14,15);2*1-4H2,(H,7,8)(H,9,10). The molecule has 4 aromatic rings. The van der Waals surface area contributed by atoms with Crippen molar-refractivity contribution in [3.05, 3.63) is 109 Å². The third kappa shape index (κ3) is 22.0. The predicted octanol–water partition coefficient (Wildman–Crippen LogP) is 4.89. The summed E-state index contributed by atoms with van der Waals surface area (Å²) in [6.45, 7) is 0. The number of carbonyl (C=O) groups is 6. The number of anilines is 2. The van der Waals surface area contributed by atoms with Crippen LogP contribution < -0.4 is 10.6 Å². The normalized spacial score (nSPS) is 9.44. The Labute approximate surface area is 287 Å². The number of hydrogen-bond donors (Lipinski definition) is 6. The number of carboxylic acid groups (broad SMARTS) is 4. The summed E-state index contributed by atoms with van der Waals surface area (Å²) in [5.41, 5.74) is 1.13. The van der Waals surface area contributed by atoms with Gasteiger partial charge in [0.1, 0.15) is 11.6 Å². The van der Waals surface area contributed by atoms with E-state index in [9.17, 15) is 28.8 Å². The van der Waals surface area contributed by atoms with Gasteiger partial charge in [-0.3, -0.25) is 38.7 Å². The zero-order valence-electron chi connectivity index (χ0n) is 26.9. The first kappa shape index (κ1) is 41.4. The van der Waals surface area contributed by atoms with Crippen LogP contribution in [0.3, 0.4) is 0 Å². The molecular formula is C34H38N6O10. The van der Waals surface area contributed by atoms with E-state index in [1.807, 2.05) is 12.1 Å². The summed E-state index contributed by atoms with van der Waals surface area (Å²) in [6.07, 6.45) is 11.6. The van der Waals surface area contributed by atoms with E-state index in [0.717, 1.165) is 0 Å². The van der Waals surface area contributed by atoms with Crippen LogP contribution in [0.4, 0.5) is 11.6 Å². The molecule has 0 fully saturated rings. The molecule has 50 heavy (non-hydrogen) atoms. The van der Waals surface area contributed by atoms with Crippen LogP contribution in [0, 0.1) is 0 Å². The molecule has 0 radical (unpaired) electrons. The summed E-state index contributed by atoms with van der Waals surface area (Å²) in [7, 11) is 0. The minimum absolute atomic E-state index is 0.0628. The van der Waals surface area contributed by atoms with Crippen LogP contribution in [0.5, 0.6) is 0 Å². The zero-order chi connectivity index (χ0) is 37.0. The van der Waals surface area contributed by atoms with Crippen molar-refractivity contribution in [1.82, 2.24) is 19.9 Å². The number of nitrogens with zero attached hydrogens (tertiary/aromatic N) is 4. The van der Waals surface area contributed by atoms with E-state index in [-0.39, 0.29) is 37.5 Å². The molecule has 0 saturated heterocycles. The average molecular weight is 691 g/mol. The lowest BCUT2D eigenvalue weighted by Gasteiger charge is -2.02. The molecule has 0 aliphatic carbocycles. The first-order valence-electron chi connectivity index (χ1n) is 15.1. The number of hydrogen-bond acceptors (Lipinski definition) is 10. The van der Waals surface area contributed by atoms with Gasteiger partial charge in [0.15, 0.2) is 0 Å². The van der Waals surface area contributed by atoms with Crippen molar-refractivity contribution in [3.8, 4) is 0 Å². The van der Waals surface area contributed by atoms with E-state index < -0.39 is 23.9 Å². The van der Waals surface area contributed by atoms with Gasteiger partial charge in [-0.25, -0.2) is 9.97 Å². The van der Waals surface area contributed by atoms with Gasteiger partial charge in [-0.15, -0.1) is 0 Å². The van der Waals surface area contributed by atoms with Crippen LogP contribution in [-0.4, -0.2) is 76.1 Å². The second-order valence-electron chi connectivity index (χ2n) is 9.80. The fourth-order valence-electron chi connectivity index (χ4n) is 3.36. The van der Waals surface area contributed by atoms with Gasteiger partial charge in [0.25, 0.3) is 11.8 Å². The molecule has 16 heteroatoms. The van der Waals surface area contributed by atoms with Gasteiger partial charge < -0.3 is 31.1 Å². The highest BCUT2D eigenvalue weighted by Gasteiger charge is 2.06. The highest BCUT2D eigenvalue weighted by Crippen LogP contribution is 2.05. The lowest BCUT2D eigenvalue weighted by atomic mass is 10.2. The molecule has 0 aliphatic heterocycles. The number of aromatic nitrogens is 4. The van der Waals surface area contributed by atoms with Crippen molar-refractivity contribution in [2.24, 2.45) is 0 Å². The van der Waals surface area contributed by atoms with Crippen molar-refractivity contribution >= 4 is 47.3 Å². The number of nitrogens with one attached hydrogen (secondary N) is 2. The Hall–Kier alpha value is -6.58. The summed E-state index contributed by atoms with van der Waals surface area (Å²) in [5.74, 6) is -2.77. The van der Waals surface area contributed by atoms with E-state index in [1.54, 1.807) is 85.7 Å². The molecular weight excluding hydrogens is 652 g/mol. The van der Waals surface area contributed by atoms with E-state index >= 15 is 0 Å². The van der Waals surface area contributed by atoms with Gasteiger partial charge in [-0.2, -0.15) is 0 Å². The van der Waals surface area contributed by atoms with Gasteiger partial charge in [-0.1, -0.05) is 12.1 Å². The largest absolute Gasteiger partial charge is 0.481 e. The molecule has 6 N–H and O–H groups in total. The monoisotopic (exact) mass is 690 g/mol. The molecule has 264 valence electrons. The second kappa shape index (κ2) is 25.5. The molecule has 0 aromatic carbocycles. The molecule has 4 rings (SSSR count). The lowest BCUT2D eigenvalue weighted by Crippen LogP contribution is -2.12. The minimum atomic E-state index is -0.870. The van der Waals surface area contributed by atoms with E-state index in [4.69, 9.17) is 20.4 Å². The van der Waals surface area contributed by atoms with Gasteiger partial charge >= 0.3 is 23.9 Å². The van der Waals surface area contributed by atoms with E-state index in [2.05, 4.69) is 30.6 Å². The first-order chi connectivity index (χ1) is 24.0. The third-order valence-corrected chi connectivity index (χ3v) is 5.76. The summed E-state index contributed by atoms with van der Waals surface area (Å²) in [4.78, 5) is 78.5. The zero-order valence-corrected chi connectivity index (χ0v) is 26.9. The maximum atomic E-state index is 11.6. The second-order valence-corrected chi connectivity index (χ2v) is 9.80. The van der Waals surface area contributed by atoms with Crippen LogP contribution in [0.1, 0.15) is 72.1 Å². The number of amides is 2. The third-order valence-electron chi connectivity index (χ3n) is 5.76. The molecule has 0 bridgehead atoms. The van der Waals surface area contributed by atoms with Gasteiger partial charge in [0, 0.05) is 74.0 Å². The molecule has 0 atom stereocenters. The molecule has 0 saturated carbocycles. The molecule has 16 nitrogen and oxygen atoms in total. The number of carbonyl (C=O) groups excluding carboxylic acids is 2. The van der Waals surface area contributed by atoms with E-state index in [0.29, 0.717) is 48.4 Å². The maximum Gasteiger partial charge on any atom is 0.303 e. The number of carboxylic acids is 4. The Morgan fingerprint density at radius 3 is 0.980 bits per heavy atom. The average Bonchev–Trinajstić information content (AvgIpc) is 3.11.